The molecule has 0 spiro atoms. The second kappa shape index (κ2) is 9.95. The van der Waals surface area contributed by atoms with Crippen molar-refractivity contribution in [2.75, 3.05) is 19.6 Å². The van der Waals surface area contributed by atoms with Crippen LogP contribution in [0.3, 0.4) is 0 Å². The van der Waals surface area contributed by atoms with Crippen LogP contribution in [0.4, 0.5) is 0 Å². The van der Waals surface area contributed by atoms with E-state index in [1.165, 1.54) is 11.3 Å². The molecule has 0 saturated carbocycles. The van der Waals surface area contributed by atoms with Crippen LogP contribution < -0.4 is 5.32 Å². The van der Waals surface area contributed by atoms with E-state index in [0.29, 0.717) is 5.02 Å². The number of hydrogen-bond acceptors (Lipinski definition) is 3. The molecule has 2 rings (SSSR count). The molecule has 2 aromatic rings. The van der Waals surface area contributed by atoms with Crippen molar-refractivity contribution in [3.05, 3.63) is 46.3 Å². The Morgan fingerprint density at radius 3 is 2.68 bits per heavy atom. The first-order valence-electron chi connectivity index (χ1n) is 8.92. The highest BCUT2D eigenvalue weighted by molar-refractivity contribution is 7.17. The Balaban J connectivity index is 1.87. The molecule has 1 aromatic carbocycles. The summed E-state index contributed by atoms with van der Waals surface area (Å²) in [5, 5.41) is 3.82. The van der Waals surface area contributed by atoms with Crippen LogP contribution in [-0.2, 0) is 0 Å². The number of rotatable bonds is 9. The fourth-order valence-corrected chi connectivity index (χ4v) is 3.88. The summed E-state index contributed by atoms with van der Waals surface area (Å²) >= 11 is 7.55. The molecule has 0 aliphatic rings. The summed E-state index contributed by atoms with van der Waals surface area (Å²) in [6.07, 6.45) is 2.09. The van der Waals surface area contributed by atoms with Gasteiger partial charge in [0.05, 0.1) is 4.88 Å². The summed E-state index contributed by atoms with van der Waals surface area (Å²) in [4.78, 5) is 16.6. The lowest BCUT2D eigenvalue weighted by Crippen LogP contribution is -2.33. The van der Waals surface area contributed by atoms with Gasteiger partial charge in [0, 0.05) is 15.9 Å². The number of hydrogen-bond donors (Lipinski definition) is 1. The SMILES string of the molecule is CCN(CC)CCC[C@H](C)NC(=O)c1ccc(-c2cccc(Cl)c2)s1. The van der Waals surface area contributed by atoms with Gasteiger partial charge < -0.3 is 10.2 Å². The third kappa shape index (κ3) is 6.14. The Bertz CT molecular complexity index is 682. The zero-order chi connectivity index (χ0) is 18.2. The summed E-state index contributed by atoms with van der Waals surface area (Å²) in [5.41, 5.74) is 1.05. The second-order valence-corrected chi connectivity index (χ2v) is 7.74. The maximum absolute atomic E-state index is 12.4. The number of amides is 1. The predicted octanol–water partition coefficient (Wildman–Crippen LogP) is 5.31. The molecule has 0 bridgehead atoms. The minimum absolute atomic E-state index is 0.00798. The Morgan fingerprint density at radius 1 is 1.24 bits per heavy atom. The summed E-state index contributed by atoms with van der Waals surface area (Å²) < 4.78 is 0. The second-order valence-electron chi connectivity index (χ2n) is 6.22. The van der Waals surface area contributed by atoms with Gasteiger partial charge in [0.15, 0.2) is 0 Å². The monoisotopic (exact) mass is 378 g/mol. The van der Waals surface area contributed by atoms with Gasteiger partial charge in [0.25, 0.3) is 5.91 Å². The van der Waals surface area contributed by atoms with Crippen LogP contribution in [0.25, 0.3) is 10.4 Å². The molecule has 3 nitrogen and oxygen atoms in total. The molecular formula is C20H27ClN2OS. The lowest BCUT2D eigenvalue weighted by atomic mass is 10.1. The lowest BCUT2D eigenvalue weighted by molar-refractivity contribution is 0.0941. The third-order valence-electron chi connectivity index (χ3n) is 4.32. The molecule has 0 saturated heterocycles. The van der Waals surface area contributed by atoms with Gasteiger partial charge in [-0.05, 0) is 69.2 Å². The van der Waals surface area contributed by atoms with Gasteiger partial charge in [-0.15, -0.1) is 11.3 Å². The van der Waals surface area contributed by atoms with Gasteiger partial charge in [-0.2, -0.15) is 0 Å². The number of nitrogens with one attached hydrogen (secondary N) is 1. The highest BCUT2D eigenvalue weighted by atomic mass is 35.5. The van der Waals surface area contributed by atoms with Crippen LogP contribution in [0.2, 0.25) is 5.02 Å². The summed E-state index contributed by atoms with van der Waals surface area (Å²) in [7, 11) is 0. The van der Waals surface area contributed by atoms with E-state index in [4.69, 9.17) is 11.6 Å². The van der Waals surface area contributed by atoms with Crippen LogP contribution in [0.15, 0.2) is 36.4 Å². The van der Waals surface area contributed by atoms with E-state index in [0.717, 1.165) is 47.8 Å². The standard InChI is InChI=1S/C20H27ClN2OS/c1-4-23(5-2)13-7-8-15(3)22-20(24)19-12-11-18(25-19)16-9-6-10-17(21)14-16/h6,9-12,14-15H,4-5,7-8,13H2,1-3H3,(H,22,24)/t15-/m0/s1. The predicted molar refractivity (Wildman–Crippen MR) is 109 cm³/mol. The van der Waals surface area contributed by atoms with Gasteiger partial charge >= 0.3 is 0 Å². The molecule has 1 heterocycles. The molecule has 0 aliphatic carbocycles. The van der Waals surface area contributed by atoms with Crippen molar-refractivity contribution in [1.82, 2.24) is 10.2 Å². The molecule has 25 heavy (non-hydrogen) atoms. The first kappa shape index (κ1) is 20.0. The number of carbonyl (C=O) groups is 1. The third-order valence-corrected chi connectivity index (χ3v) is 5.69. The van der Waals surface area contributed by atoms with E-state index in [9.17, 15) is 4.79 Å². The zero-order valence-electron chi connectivity index (χ0n) is 15.2. The van der Waals surface area contributed by atoms with E-state index < -0.39 is 0 Å². The van der Waals surface area contributed by atoms with Crippen LogP contribution in [0.1, 0.15) is 43.3 Å². The van der Waals surface area contributed by atoms with Crippen molar-refractivity contribution in [2.45, 2.75) is 39.7 Å². The minimum atomic E-state index is 0.00798. The minimum Gasteiger partial charge on any atom is -0.349 e. The number of halogens is 1. The number of nitrogens with zero attached hydrogens (tertiary/aromatic N) is 1. The maximum Gasteiger partial charge on any atom is 0.261 e. The van der Waals surface area contributed by atoms with Gasteiger partial charge in [-0.1, -0.05) is 37.6 Å². The van der Waals surface area contributed by atoms with Crippen molar-refractivity contribution in [3.8, 4) is 10.4 Å². The molecule has 0 unspecified atom stereocenters. The highest BCUT2D eigenvalue weighted by Crippen LogP contribution is 2.29. The van der Waals surface area contributed by atoms with Crippen molar-refractivity contribution in [3.63, 3.8) is 0 Å². The molecule has 0 fully saturated rings. The van der Waals surface area contributed by atoms with E-state index in [1.54, 1.807) is 0 Å². The zero-order valence-corrected chi connectivity index (χ0v) is 16.8. The molecule has 1 N–H and O–H groups in total. The fourth-order valence-electron chi connectivity index (χ4n) is 2.78. The first-order valence-corrected chi connectivity index (χ1v) is 10.1. The largest absolute Gasteiger partial charge is 0.349 e. The van der Waals surface area contributed by atoms with E-state index in [2.05, 4.69) is 31.0 Å². The van der Waals surface area contributed by atoms with Crippen LogP contribution in [0, 0.1) is 0 Å². The van der Waals surface area contributed by atoms with Crippen molar-refractivity contribution in [2.24, 2.45) is 0 Å². The first-order chi connectivity index (χ1) is 12.0. The lowest BCUT2D eigenvalue weighted by Gasteiger charge is -2.19. The molecule has 1 atom stereocenters. The van der Waals surface area contributed by atoms with Crippen LogP contribution >= 0.6 is 22.9 Å². The van der Waals surface area contributed by atoms with Crippen molar-refractivity contribution < 1.29 is 4.79 Å². The summed E-state index contributed by atoms with van der Waals surface area (Å²) in [5.74, 6) is 0.00798. The quantitative estimate of drug-likeness (QED) is 0.641. The summed E-state index contributed by atoms with van der Waals surface area (Å²) in [6.45, 7) is 9.69. The number of carbonyl (C=O) groups excluding carboxylic acids is 1. The van der Waals surface area contributed by atoms with Gasteiger partial charge in [-0.25, -0.2) is 0 Å². The van der Waals surface area contributed by atoms with E-state index in [1.807, 2.05) is 36.4 Å². The Hall–Kier alpha value is -1.36. The topological polar surface area (TPSA) is 32.3 Å². The van der Waals surface area contributed by atoms with Crippen molar-refractivity contribution in [1.29, 1.82) is 0 Å². The number of benzene rings is 1. The van der Waals surface area contributed by atoms with Gasteiger partial charge in [0.1, 0.15) is 0 Å². The van der Waals surface area contributed by atoms with Gasteiger partial charge in [0.2, 0.25) is 0 Å². The molecule has 1 aromatic heterocycles. The normalized spacial score (nSPS) is 12.4. The number of thiophene rings is 1. The Kier molecular flexibility index (Phi) is 7.94. The molecule has 0 radical (unpaired) electrons. The van der Waals surface area contributed by atoms with E-state index in [-0.39, 0.29) is 11.9 Å². The highest BCUT2D eigenvalue weighted by Gasteiger charge is 2.13. The van der Waals surface area contributed by atoms with Crippen LogP contribution in [-0.4, -0.2) is 36.5 Å². The summed E-state index contributed by atoms with van der Waals surface area (Å²) in [6, 6.07) is 11.8. The van der Waals surface area contributed by atoms with Gasteiger partial charge in [-0.3, -0.25) is 4.79 Å². The smallest absolute Gasteiger partial charge is 0.261 e. The Morgan fingerprint density at radius 2 is 2.00 bits per heavy atom. The average molecular weight is 379 g/mol. The van der Waals surface area contributed by atoms with Crippen molar-refractivity contribution >= 4 is 28.8 Å². The maximum atomic E-state index is 12.4. The fraction of sp³-hybridized carbons (Fsp3) is 0.450. The average Bonchev–Trinajstić information content (AvgIpc) is 3.09. The van der Waals surface area contributed by atoms with Crippen LogP contribution in [0.5, 0.6) is 0 Å². The van der Waals surface area contributed by atoms with E-state index >= 15 is 0 Å². The molecular weight excluding hydrogens is 352 g/mol. The molecule has 136 valence electrons. The molecule has 5 heteroatoms. The molecule has 1 amide bonds. The Labute approximate surface area is 160 Å². The molecule has 0 aliphatic heterocycles.